The lowest BCUT2D eigenvalue weighted by molar-refractivity contribution is 0.682. The number of aromatic amines is 2. The van der Waals surface area contributed by atoms with E-state index >= 15 is 0 Å². The number of hydrogen-bond acceptors (Lipinski definition) is 2. The van der Waals surface area contributed by atoms with Gasteiger partial charge in [0.15, 0.2) is 0 Å². The van der Waals surface area contributed by atoms with Gasteiger partial charge in [0.25, 0.3) is 5.56 Å². The molecule has 0 aliphatic carbocycles. The van der Waals surface area contributed by atoms with Crippen molar-refractivity contribution in [1.29, 1.82) is 0 Å². The Hall–Kier alpha value is -1.62. The predicted octanol–water partition coefficient (Wildman–Crippen LogP) is 2.13. The summed E-state index contributed by atoms with van der Waals surface area (Å²) in [5.41, 5.74) is 1.69. The molecule has 0 aliphatic rings. The maximum absolute atomic E-state index is 12.1. The summed E-state index contributed by atoms with van der Waals surface area (Å²) in [5, 5.41) is 5.14. The molecular formula is C13H16N2O2S. The first-order valence-corrected chi connectivity index (χ1v) is 7.13. The highest BCUT2D eigenvalue weighted by Gasteiger charge is 2.07. The molecule has 1 aromatic carbocycles. The molecule has 1 heterocycles. The number of aromatic nitrogens is 2. The fraction of sp³-hybridized carbons (Fsp3) is 0.308. The lowest BCUT2D eigenvalue weighted by Gasteiger charge is -2.06. The summed E-state index contributed by atoms with van der Waals surface area (Å²) in [4.78, 5) is 11.7. The van der Waals surface area contributed by atoms with Gasteiger partial charge in [0.05, 0.1) is 16.6 Å². The van der Waals surface area contributed by atoms with Gasteiger partial charge in [0.2, 0.25) is 0 Å². The molecule has 2 N–H and O–H groups in total. The van der Waals surface area contributed by atoms with Crippen LogP contribution in [0.5, 0.6) is 0 Å². The van der Waals surface area contributed by atoms with Crippen LogP contribution in [-0.4, -0.2) is 14.4 Å². The molecule has 4 nitrogen and oxygen atoms in total. The van der Waals surface area contributed by atoms with Crippen LogP contribution in [0.15, 0.2) is 40.0 Å². The average Bonchev–Trinajstić information content (AvgIpc) is 2.75. The van der Waals surface area contributed by atoms with E-state index in [0.29, 0.717) is 17.4 Å². The zero-order valence-corrected chi connectivity index (χ0v) is 11.2. The highest BCUT2D eigenvalue weighted by molar-refractivity contribution is 7.84. The molecule has 1 unspecified atom stereocenters. The maximum atomic E-state index is 12.1. The summed E-state index contributed by atoms with van der Waals surface area (Å²) in [6.07, 6.45) is 0. The zero-order chi connectivity index (χ0) is 13.1. The van der Waals surface area contributed by atoms with Gasteiger partial charge in [-0.3, -0.25) is 14.1 Å². The van der Waals surface area contributed by atoms with Crippen LogP contribution in [0.4, 0.5) is 0 Å². The van der Waals surface area contributed by atoms with E-state index < -0.39 is 10.8 Å². The molecule has 0 saturated carbocycles. The molecule has 0 amide bonds. The van der Waals surface area contributed by atoms with Crippen LogP contribution < -0.4 is 5.56 Å². The number of rotatable bonds is 4. The van der Waals surface area contributed by atoms with Crippen LogP contribution in [0.2, 0.25) is 0 Å². The van der Waals surface area contributed by atoms with Crippen molar-refractivity contribution in [3.8, 4) is 0 Å². The van der Waals surface area contributed by atoms with E-state index in [1.54, 1.807) is 0 Å². The zero-order valence-electron chi connectivity index (χ0n) is 10.4. The van der Waals surface area contributed by atoms with Gasteiger partial charge >= 0.3 is 0 Å². The summed E-state index contributed by atoms with van der Waals surface area (Å²) < 4.78 is 12.1. The molecule has 2 rings (SSSR count). The molecule has 0 radical (unpaired) electrons. The first kappa shape index (κ1) is 12.8. The SMILES string of the molecule is CC(C)c1ccc(S(=O)Cc2cc(=O)[nH][nH]2)cc1. The Balaban J connectivity index is 2.11. The molecule has 0 aliphatic heterocycles. The fourth-order valence-electron chi connectivity index (χ4n) is 1.68. The second-order valence-electron chi connectivity index (χ2n) is 4.50. The average molecular weight is 264 g/mol. The Bertz CT molecular complexity index is 596. The van der Waals surface area contributed by atoms with E-state index in [1.807, 2.05) is 24.3 Å². The van der Waals surface area contributed by atoms with Gasteiger partial charge in [0, 0.05) is 16.7 Å². The maximum Gasteiger partial charge on any atom is 0.264 e. The number of hydrogen-bond donors (Lipinski definition) is 2. The Morgan fingerprint density at radius 2 is 1.83 bits per heavy atom. The van der Waals surface area contributed by atoms with Gasteiger partial charge in [-0.25, -0.2) is 0 Å². The fourth-order valence-corrected chi connectivity index (χ4v) is 2.72. The normalized spacial score (nSPS) is 12.8. The van der Waals surface area contributed by atoms with E-state index in [9.17, 15) is 9.00 Å². The van der Waals surface area contributed by atoms with Gasteiger partial charge in [0.1, 0.15) is 0 Å². The molecule has 5 heteroatoms. The van der Waals surface area contributed by atoms with E-state index in [-0.39, 0.29) is 5.56 Å². The molecule has 1 aromatic heterocycles. The lowest BCUT2D eigenvalue weighted by atomic mass is 10.0. The Kier molecular flexibility index (Phi) is 3.81. The van der Waals surface area contributed by atoms with E-state index in [4.69, 9.17) is 0 Å². The minimum atomic E-state index is -1.13. The summed E-state index contributed by atoms with van der Waals surface area (Å²) in [5.74, 6) is 0.785. The third-order valence-electron chi connectivity index (χ3n) is 2.75. The molecule has 2 aromatic rings. The predicted molar refractivity (Wildman–Crippen MR) is 72.1 cm³/mol. The molecule has 0 bridgehead atoms. The second-order valence-corrected chi connectivity index (χ2v) is 5.95. The molecule has 18 heavy (non-hydrogen) atoms. The van der Waals surface area contributed by atoms with Crippen molar-refractivity contribution < 1.29 is 4.21 Å². The molecule has 1 atom stereocenters. The summed E-state index contributed by atoms with van der Waals surface area (Å²) in [6, 6.07) is 9.20. The summed E-state index contributed by atoms with van der Waals surface area (Å²) >= 11 is 0. The van der Waals surface area contributed by atoms with Crippen LogP contribution >= 0.6 is 0 Å². The Morgan fingerprint density at radius 1 is 1.17 bits per heavy atom. The number of H-pyrrole nitrogens is 2. The van der Waals surface area contributed by atoms with Gasteiger partial charge in [-0.15, -0.1) is 0 Å². The van der Waals surface area contributed by atoms with Gasteiger partial charge in [-0.05, 0) is 23.6 Å². The van der Waals surface area contributed by atoms with Crippen molar-refractivity contribution >= 4 is 10.8 Å². The smallest absolute Gasteiger partial charge is 0.264 e. The van der Waals surface area contributed by atoms with Crippen LogP contribution in [0.1, 0.15) is 31.0 Å². The van der Waals surface area contributed by atoms with Gasteiger partial charge in [-0.2, -0.15) is 0 Å². The highest BCUT2D eigenvalue weighted by Crippen LogP contribution is 2.17. The van der Waals surface area contributed by atoms with Gasteiger partial charge < -0.3 is 5.10 Å². The topological polar surface area (TPSA) is 65.7 Å². The minimum absolute atomic E-state index is 0.197. The Labute approximate surface area is 108 Å². The molecular weight excluding hydrogens is 248 g/mol. The van der Waals surface area contributed by atoms with Gasteiger partial charge in [-0.1, -0.05) is 26.0 Å². The van der Waals surface area contributed by atoms with Crippen molar-refractivity contribution in [2.75, 3.05) is 0 Å². The van der Waals surface area contributed by atoms with Crippen molar-refractivity contribution in [1.82, 2.24) is 10.2 Å². The lowest BCUT2D eigenvalue weighted by Crippen LogP contribution is -1.98. The third-order valence-corrected chi connectivity index (χ3v) is 4.12. The van der Waals surface area contributed by atoms with Crippen LogP contribution in [0.25, 0.3) is 0 Å². The first-order chi connectivity index (χ1) is 8.56. The molecule has 0 spiro atoms. The third kappa shape index (κ3) is 2.98. The van der Waals surface area contributed by atoms with E-state index in [2.05, 4.69) is 24.0 Å². The summed E-state index contributed by atoms with van der Waals surface area (Å²) in [6.45, 7) is 4.24. The van der Waals surface area contributed by atoms with Crippen molar-refractivity contribution in [3.63, 3.8) is 0 Å². The monoisotopic (exact) mass is 264 g/mol. The van der Waals surface area contributed by atoms with Crippen molar-refractivity contribution in [2.24, 2.45) is 0 Å². The minimum Gasteiger partial charge on any atom is -0.301 e. The molecule has 0 saturated heterocycles. The number of benzene rings is 1. The molecule has 96 valence electrons. The van der Waals surface area contributed by atoms with Crippen LogP contribution in [0, 0.1) is 0 Å². The van der Waals surface area contributed by atoms with E-state index in [0.717, 1.165) is 4.90 Å². The standard InChI is InChI=1S/C13H16N2O2S/c1-9(2)10-3-5-12(6-4-10)18(17)8-11-7-13(16)15-14-11/h3-7,9H,8H2,1-2H3,(H2,14,15,16). The first-order valence-electron chi connectivity index (χ1n) is 5.81. The largest absolute Gasteiger partial charge is 0.301 e. The van der Waals surface area contributed by atoms with E-state index in [1.165, 1.54) is 11.6 Å². The van der Waals surface area contributed by atoms with Crippen LogP contribution in [0.3, 0.4) is 0 Å². The van der Waals surface area contributed by atoms with Crippen LogP contribution in [-0.2, 0) is 16.6 Å². The van der Waals surface area contributed by atoms with Crippen molar-refractivity contribution in [2.45, 2.75) is 30.4 Å². The quantitative estimate of drug-likeness (QED) is 0.888. The highest BCUT2D eigenvalue weighted by atomic mass is 32.2. The van der Waals surface area contributed by atoms with Crippen molar-refractivity contribution in [3.05, 3.63) is 51.9 Å². The summed E-state index contributed by atoms with van der Waals surface area (Å²) in [7, 11) is -1.13. The second kappa shape index (κ2) is 5.35. The number of nitrogens with one attached hydrogen (secondary N) is 2. The molecule has 0 fully saturated rings. The Morgan fingerprint density at radius 3 is 2.33 bits per heavy atom.